The van der Waals surface area contributed by atoms with E-state index in [0.717, 1.165) is 11.3 Å². The number of ether oxygens (including phenoxy) is 2. The standard InChI is InChI=1S/C15H11Cl2N3O2/c1-8-21-15(22-8)12-7-14-18-11(6-13(17)20(14)19-12)9-2-4-10(16)5-3-9/h2-8,15H,1H3. The number of hydrogen-bond acceptors (Lipinski definition) is 4. The van der Waals surface area contributed by atoms with E-state index in [0.29, 0.717) is 21.5 Å². The summed E-state index contributed by atoms with van der Waals surface area (Å²) in [6, 6.07) is 11.0. The highest BCUT2D eigenvalue weighted by molar-refractivity contribution is 6.30. The smallest absolute Gasteiger partial charge is 0.208 e. The maximum absolute atomic E-state index is 6.30. The lowest BCUT2D eigenvalue weighted by Crippen LogP contribution is -2.31. The van der Waals surface area contributed by atoms with Gasteiger partial charge in [0.2, 0.25) is 6.29 Å². The lowest BCUT2D eigenvalue weighted by molar-refractivity contribution is -0.384. The first-order valence-corrected chi connectivity index (χ1v) is 7.49. The van der Waals surface area contributed by atoms with Crippen molar-refractivity contribution in [2.45, 2.75) is 19.5 Å². The molecule has 0 N–H and O–H groups in total. The minimum atomic E-state index is -0.452. The molecular formula is C15H11Cl2N3O2. The molecule has 4 rings (SSSR count). The second-order valence-corrected chi connectivity index (χ2v) is 5.81. The molecule has 0 bridgehead atoms. The number of fused-ring (bicyclic) bond motifs is 1. The largest absolute Gasteiger partial charge is 0.318 e. The molecule has 1 aromatic carbocycles. The lowest BCUT2D eigenvalue weighted by atomic mass is 10.1. The fourth-order valence-electron chi connectivity index (χ4n) is 2.34. The number of rotatable bonds is 2. The van der Waals surface area contributed by atoms with Crippen LogP contribution in [-0.2, 0) is 9.47 Å². The molecule has 0 atom stereocenters. The van der Waals surface area contributed by atoms with Crippen molar-refractivity contribution in [2.24, 2.45) is 0 Å². The van der Waals surface area contributed by atoms with E-state index in [1.165, 1.54) is 0 Å². The number of aromatic nitrogens is 3. The topological polar surface area (TPSA) is 48.7 Å². The van der Waals surface area contributed by atoms with Crippen LogP contribution in [0.25, 0.3) is 16.9 Å². The van der Waals surface area contributed by atoms with Crippen LogP contribution in [0.3, 0.4) is 0 Å². The van der Waals surface area contributed by atoms with Gasteiger partial charge >= 0.3 is 0 Å². The van der Waals surface area contributed by atoms with Gasteiger partial charge in [-0.15, -0.1) is 0 Å². The minimum Gasteiger partial charge on any atom is -0.318 e. The molecule has 0 radical (unpaired) electrons. The monoisotopic (exact) mass is 335 g/mol. The van der Waals surface area contributed by atoms with Gasteiger partial charge in [-0.05, 0) is 19.1 Å². The summed E-state index contributed by atoms with van der Waals surface area (Å²) in [4.78, 5) is 4.58. The van der Waals surface area contributed by atoms with Gasteiger partial charge in [-0.1, -0.05) is 35.3 Å². The highest BCUT2D eigenvalue weighted by Crippen LogP contribution is 2.32. The van der Waals surface area contributed by atoms with Gasteiger partial charge in [0.25, 0.3) is 0 Å². The second kappa shape index (κ2) is 5.21. The van der Waals surface area contributed by atoms with Crippen molar-refractivity contribution in [1.82, 2.24) is 14.6 Å². The third-order valence-corrected chi connectivity index (χ3v) is 3.94. The molecule has 0 amide bonds. The number of nitrogens with zero attached hydrogens (tertiary/aromatic N) is 3. The molecule has 0 unspecified atom stereocenters. The molecule has 1 aliphatic rings. The molecule has 3 aromatic rings. The molecule has 2 aromatic heterocycles. The first-order valence-electron chi connectivity index (χ1n) is 6.73. The van der Waals surface area contributed by atoms with Gasteiger partial charge in [-0.3, -0.25) is 0 Å². The molecule has 3 heterocycles. The van der Waals surface area contributed by atoms with Crippen LogP contribution in [-0.4, -0.2) is 20.9 Å². The minimum absolute atomic E-state index is 0.206. The van der Waals surface area contributed by atoms with E-state index >= 15 is 0 Å². The summed E-state index contributed by atoms with van der Waals surface area (Å²) in [5.74, 6) is 0. The molecule has 0 saturated carbocycles. The summed E-state index contributed by atoms with van der Waals surface area (Å²) in [5, 5.41) is 5.51. The summed E-state index contributed by atoms with van der Waals surface area (Å²) in [5.41, 5.74) is 2.98. The summed E-state index contributed by atoms with van der Waals surface area (Å²) in [6.45, 7) is 1.83. The summed E-state index contributed by atoms with van der Waals surface area (Å²) < 4.78 is 12.4. The molecule has 7 heteroatoms. The van der Waals surface area contributed by atoms with E-state index in [-0.39, 0.29) is 6.29 Å². The van der Waals surface area contributed by atoms with Gasteiger partial charge in [-0.25, -0.2) is 9.50 Å². The van der Waals surface area contributed by atoms with Crippen molar-refractivity contribution in [1.29, 1.82) is 0 Å². The zero-order chi connectivity index (χ0) is 15.3. The Balaban J connectivity index is 1.77. The number of hydrogen-bond donors (Lipinski definition) is 0. The lowest BCUT2D eigenvalue weighted by Gasteiger charge is -2.32. The SMILES string of the molecule is CC1OC(c2cc3nc(-c4ccc(Cl)cc4)cc(Cl)n3n2)O1. The second-order valence-electron chi connectivity index (χ2n) is 4.98. The van der Waals surface area contributed by atoms with Crippen LogP contribution in [0.2, 0.25) is 10.2 Å². The summed E-state index contributed by atoms with van der Waals surface area (Å²) >= 11 is 12.2. The van der Waals surface area contributed by atoms with E-state index in [2.05, 4.69) is 10.1 Å². The number of benzene rings is 1. The molecule has 5 nitrogen and oxygen atoms in total. The van der Waals surface area contributed by atoms with Crippen molar-refractivity contribution in [3.63, 3.8) is 0 Å². The van der Waals surface area contributed by atoms with Gasteiger partial charge in [0.05, 0.1) is 5.69 Å². The first-order chi connectivity index (χ1) is 10.6. The van der Waals surface area contributed by atoms with Crippen LogP contribution in [0.15, 0.2) is 36.4 Å². The first kappa shape index (κ1) is 14.0. The zero-order valence-corrected chi connectivity index (χ0v) is 13.0. The van der Waals surface area contributed by atoms with Crippen LogP contribution in [0, 0.1) is 0 Å². The third kappa shape index (κ3) is 2.36. The molecule has 1 saturated heterocycles. The van der Waals surface area contributed by atoms with E-state index in [1.54, 1.807) is 10.6 Å². The van der Waals surface area contributed by atoms with Crippen molar-refractivity contribution in [3.8, 4) is 11.3 Å². The van der Waals surface area contributed by atoms with Crippen LogP contribution in [0.5, 0.6) is 0 Å². The van der Waals surface area contributed by atoms with Crippen LogP contribution < -0.4 is 0 Å². The Morgan fingerprint density at radius 3 is 2.50 bits per heavy atom. The van der Waals surface area contributed by atoms with Crippen molar-refractivity contribution >= 4 is 28.8 Å². The zero-order valence-electron chi connectivity index (χ0n) is 11.5. The molecule has 1 fully saturated rings. The summed E-state index contributed by atoms with van der Waals surface area (Å²) in [6.07, 6.45) is -0.658. The van der Waals surface area contributed by atoms with Crippen molar-refractivity contribution < 1.29 is 9.47 Å². The van der Waals surface area contributed by atoms with Crippen LogP contribution in [0.1, 0.15) is 18.9 Å². The Hall–Kier alpha value is -1.66. The average molecular weight is 336 g/mol. The van der Waals surface area contributed by atoms with E-state index in [1.807, 2.05) is 37.3 Å². The molecule has 112 valence electrons. The average Bonchev–Trinajstić information content (AvgIpc) is 2.89. The van der Waals surface area contributed by atoms with Crippen LogP contribution >= 0.6 is 23.2 Å². The third-order valence-electron chi connectivity index (χ3n) is 3.41. The fraction of sp³-hybridized carbons (Fsp3) is 0.200. The predicted molar refractivity (Wildman–Crippen MR) is 82.8 cm³/mol. The molecule has 22 heavy (non-hydrogen) atoms. The van der Waals surface area contributed by atoms with Crippen LogP contribution in [0.4, 0.5) is 0 Å². The van der Waals surface area contributed by atoms with Gasteiger partial charge in [0.1, 0.15) is 10.8 Å². The number of halogens is 2. The Bertz CT molecular complexity index is 842. The van der Waals surface area contributed by atoms with Crippen molar-refractivity contribution in [3.05, 3.63) is 52.3 Å². The van der Waals surface area contributed by atoms with E-state index in [4.69, 9.17) is 32.7 Å². The maximum atomic E-state index is 6.30. The maximum Gasteiger partial charge on any atom is 0.208 e. The molecule has 0 spiro atoms. The van der Waals surface area contributed by atoms with Crippen molar-refractivity contribution in [2.75, 3.05) is 0 Å². The highest BCUT2D eigenvalue weighted by atomic mass is 35.5. The Kier molecular flexibility index (Phi) is 3.31. The highest BCUT2D eigenvalue weighted by Gasteiger charge is 2.31. The quantitative estimate of drug-likeness (QED) is 0.661. The Morgan fingerprint density at radius 1 is 1.09 bits per heavy atom. The molecule has 1 aliphatic heterocycles. The van der Waals surface area contributed by atoms with Gasteiger partial charge in [-0.2, -0.15) is 5.10 Å². The fourth-order valence-corrected chi connectivity index (χ4v) is 2.69. The van der Waals surface area contributed by atoms with E-state index in [9.17, 15) is 0 Å². The van der Waals surface area contributed by atoms with Gasteiger partial charge in [0, 0.05) is 22.7 Å². The molecular weight excluding hydrogens is 325 g/mol. The van der Waals surface area contributed by atoms with E-state index < -0.39 is 6.29 Å². The van der Waals surface area contributed by atoms with Gasteiger partial charge in [0.15, 0.2) is 11.9 Å². The van der Waals surface area contributed by atoms with Gasteiger partial charge < -0.3 is 9.47 Å². The summed E-state index contributed by atoms with van der Waals surface area (Å²) in [7, 11) is 0. The Labute approximate surface area is 136 Å². The Morgan fingerprint density at radius 2 is 1.82 bits per heavy atom. The normalized spacial score (nSPS) is 21.0. The molecule has 0 aliphatic carbocycles. The predicted octanol–water partition coefficient (Wildman–Crippen LogP) is 4.09.